The van der Waals surface area contributed by atoms with Crippen molar-refractivity contribution in [1.82, 2.24) is 0 Å². The minimum Gasteiger partial charge on any atom is -0.373 e. The monoisotopic (exact) mass is 310 g/mol. The molecule has 0 radical (unpaired) electrons. The third-order valence-corrected chi connectivity index (χ3v) is 4.25. The van der Waals surface area contributed by atoms with Crippen LogP contribution >= 0.6 is 0 Å². The van der Waals surface area contributed by atoms with Gasteiger partial charge in [0.1, 0.15) is 0 Å². The summed E-state index contributed by atoms with van der Waals surface area (Å²) in [4.78, 5) is 0. The highest BCUT2D eigenvalue weighted by atomic mass is 16.6. The van der Waals surface area contributed by atoms with Gasteiger partial charge in [0, 0.05) is 12.8 Å². The van der Waals surface area contributed by atoms with E-state index in [2.05, 4.69) is 48.5 Å². The second-order valence-corrected chi connectivity index (χ2v) is 6.45. The van der Waals surface area contributed by atoms with Crippen molar-refractivity contribution in [2.24, 2.45) is 0 Å². The third kappa shape index (κ3) is 4.64. The van der Waals surface area contributed by atoms with Gasteiger partial charge in [-0.25, -0.2) is 0 Å². The maximum Gasteiger partial charge on any atom is 0.0850 e. The first-order valence-electron chi connectivity index (χ1n) is 8.32. The van der Waals surface area contributed by atoms with Crippen molar-refractivity contribution in [3.05, 3.63) is 70.8 Å². The summed E-state index contributed by atoms with van der Waals surface area (Å²) in [7, 11) is 0. The molecule has 0 bridgehead atoms. The Morgan fingerprint density at radius 3 is 1.61 bits per heavy atom. The van der Waals surface area contributed by atoms with Gasteiger partial charge in [0.15, 0.2) is 0 Å². The second kappa shape index (κ2) is 6.83. The van der Waals surface area contributed by atoms with Crippen molar-refractivity contribution in [3.8, 4) is 0 Å². The molecule has 2 aromatic rings. The van der Waals surface area contributed by atoms with Crippen LogP contribution in [0, 0.1) is 0 Å². The molecule has 3 heteroatoms. The van der Waals surface area contributed by atoms with Gasteiger partial charge >= 0.3 is 0 Å². The molecule has 3 nitrogen and oxygen atoms in total. The highest BCUT2D eigenvalue weighted by Crippen LogP contribution is 2.19. The molecule has 2 atom stereocenters. The SMILES string of the molecule is c1cc(COCc2cccc(CC3CO3)c2)cc(CC2CO2)c1. The Kier molecular flexibility index (Phi) is 4.42. The summed E-state index contributed by atoms with van der Waals surface area (Å²) in [6, 6.07) is 17.2. The topological polar surface area (TPSA) is 34.3 Å². The molecule has 2 aliphatic heterocycles. The molecule has 0 amide bonds. The maximum absolute atomic E-state index is 5.89. The van der Waals surface area contributed by atoms with Gasteiger partial charge in [-0.1, -0.05) is 48.5 Å². The van der Waals surface area contributed by atoms with E-state index in [1.807, 2.05) is 0 Å². The summed E-state index contributed by atoms with van der Waals surface area (Å²) < 4.78 is 16.5. The molecule has 2 unspecified atom stereocenters. The first kappa shape index (κ1) is 14.9. The zero-order valence-corrected chi connectivity index (χ0v) is 13.2. The first-order valence-corrected chi connectivity index (χ1v) is 8.32. The first-order chi connectivity index (χ1) is 11.3. The van der Waals surface area contributed by atoms with Gasteiger partial charge in [0.05, 0.1) is 38.6 Å². The summed E-state index contributed by atoms with van der Waals surface area (Å²) in [6.45, 7) is 3.11. The summed E-state index contributed by atoms with van der Waals surface area (Å²) in [5.41, 5.74) is 5.12. The van der Waals surface area contributed by atoms with Crippen LogP contribution in [0.25, 0.3) is 0 Å². The van der Waals surface area contributed by atoms with Crippen LogP contribution in [0.2, 0.25) is 0 Å². The summed E-state index contributed by atoms with van der Waals surface area (Å²) in [6.07, 6.45) is 2.90. The maximum atomic E-state index is 5.89. The number of ether oxygens (including phenoxy) is 3. The molecule has 4 rings (SSSR count). The number of rotatable bonds is 8. The molecular weight excluding hydrogens is 288 g/mol. The Labute approximate surface area is 137 Å². The fourth-order valence-electron chi connectivity index (χ4n) is 2.88. The van der Waals surface area contributed by atoms with Crippen molar-refractivity contribution in [2.75, 3.05) is 13.2 Å². The molecule has 2 heterocycles. The molecule has 2 fully saturated rings. The molecule has 0 aliphatic carbocycles. The van der Waals surface area contributed by atoms with Crippen LogP contribution in [0.15, 0.2) is 48.5 Å². The van der Waals surface area contributed by atoms with Crippen molar-refractivity contribution < 1.29 is 14.2 Å². The van der Waals surface area contributed by atoms with Crippen LogP contribution in [0.4, 0.5) is 0 Å². The lowest BCUT2D eigenvalue weighted by Crippen LogP contribution is -1.98. The van der Waals surface area contributed by atoms with Gasteiger partial charge < -0.3 is 14.2 Å². The van der Waals surface area contributed by atoms with Gasteiger partial charge in [-0.2, -0.15) is 0 Å². The van der Waals surface area contributed by atoms with Gasteiger partial charge in [0.2, 0.25) is 0 Å². The fourth-order valence-corrected chi connectivity index (χ4v) is 2.88. The molecule has 120 valence electrons. The molecule has 2 aliphatic rings. The number of benzene rings is 2. The van der Waals surface area contributed by atoms with E-state index in [9.17, 15) is 0 Å². The summed E-state index contributed by atoms with van der Waals surface area (Å²) in [5, 5.41) is 0. The summed E-state index contributed by atoms with van der Waals surface area (Å²) >= 11 is 0. The average Bonchev–Trinajstić information content (AvgIpc) is 3.45. The van der Waals surface area contributed by atoms with Crippen LogP contribution in [0.3, 0.4) is 0 Å². The lowest BCUT2D eigenvalue weighted by atomic mass is 10.1. The van der Waals surface area contributed by atoms with E-state index in [-0.39, 0.29) is 0 Å². The van der Waals surface area contributed by atoms with E-state index in [1.165, 1.54) is 22.3 Å². The van der Waals surface area contributed by atoms with Gasteiger partial charge in [0.25, 0.3) is 0 Å². The average molecular weight is 310 g/mol. The Morgan fingerprint density at radius 2 is 1.17 bits per heavy atom. The minimum absolute atomic E-state index is 0.435. The van der Waals surface area contributed by atoms with Crippen LogP contribution < -0.4 is 0 Å². The Hall–Kier alpha value is -1.68. The molecule has 23 heavy (non-hydrogen) atoms. The highest BCUT2D eigenvalue weighted by Gasteiger charge is 2.23. The van der Waals surface area contributed by atoms with E-state index in [0.717, 1.165) is 26.1 Å². The van der Waals surface area contributed by atoms with Gasteiger partial charge in [-0.15, -0.1) is 0 Å². The molecule has 0 N–H and O–H groups in total. The number of hydrogen-bond donors (Lipinski definition) is 0. The Bertz CT molecular complexity index is 602. The van der Waals surface area contributed by atoms with Crippen LogP contribution in [0.1, 0.15) is 22.3 Å². The molecule has 0 spiro atoms. The molecule has 2 saturated heterocycles. The smallest absolute Gasteiger partial charge is 0.0850 e. The van der Waals surface area contributed by atoms with E-state index in [4.69, 9.17) is 14.2 Å². The van der Waals surface area contributed by atoms with E-state index in [0.29, 0.717) is 25.4 Å². The zero-order chi connectivity index (χ0) is 15.5. The third-order valence-electron chi connectivity index (χ3n) is 4.25. The van der Waals surface area contributed by atoms with Gasteiger partial charge in [-0.3, -0.25) is 0 Å². The fraction of sp³-hybridized carbons (Fsp3) is 0.400. The lowest BCUT2D eigenvalue weighted by Gasteiger charge is -2.08. The van der Waals surface area contributed by atoms with Gasteiger partial charge in [-0.05, 0) is 22.3 Å². The molecular formula is C20H22O3. The quantitative estimate of drug-likeness (QED) is 0.702. The van der Waals surface area contributed by atoms with Crippen molar-refractivity contribution in [1.29, 1.82) is 0 Å². The molecule has 2 aromatic carbocycles. The van der Waals surface area contributed by atoms with E-state index < -0.39 is 0 Å². The minimum atomic E-state index is 0.435. The summed E-state index contributed by atoms with van der Waals surface area (Å²) in [5.74, 6) is 0. The van der Waals surface area contributed by atoms with Crippen molar-refractivity contribution >= 4 is 0 Å². The number of epoxide rings is 2. The van der Waals surface area contributed by atoms with Crippen LogP contribution in [-0.2, 0) is 40.3 Å². The normalized spacial score (nSPS) is 22.1. The Balaban J connectivity index is 1.29. The second-order valence-electron chi connectivity index (χ2n) is 6.45. The predicted molar refractivity (Wildman–Crippen MR) is 88.3 cm³/mol. The zero-order valence-electron chi connectivity index (χ0n) is 13.2. The van der Waals surface area contributed by atoms with Crippen molar-refractivity contribution in [3.63, 3.8) is 0 Å². The number of hydrogen-bond acceptors (Lipinski definition) is 3. The molecule has 0 aromatic heterocycles. The highest BCUT2D eigenvalue weighted by molar-refractivity contribution is 5.25. The van der Waals surface area contributed by atoms with E-state index in [1.54, 1.807) is 0 Å². The van der Waals surface area contributed by atoms with E-state index >= 15 is 0 Å². The molecule has 0 saturated carbocycles. The Morgan fingerprint density at radius 1 is 0.739 bits per heavy atom. The largest absolute Gasteiger partial charge is 0.373 e. The van der Waals surface area contributed by atoms with Crippen LogP contribution in [0.5, 0.6) is 0 Å². The standard InChI is InChI=1S/C20H22O3/c1-3-15(9-19-13-22-19)7-17(5-1)11-21-12-18-6-2-4-16(8-18)10-20-14-23-20/h1-8,19-20H,9-14H2. The van der Waals surface area contributed by atoms with Crippen LogP contribution in [-0.4, -0.2) is 25.4 Å². The predicted octanol–water partition coefficient (Wildman–Crippen LogP) is 3.29. The lowest BCUT2D eigenvalue weighted by molar-refractivity contribution is 0.107. The van der Waals surface area contributed by atoms with Crippen molar-refractivity contribution in [2.45, 2.75) is 38.3 Å².